The van der Waals surface area contributed by atoms with Crippen LogP contribution in [0.5, 0.6) is 0 Å². The Kier molecular flexibility index (Phi) is 2.39. The molecule has 1 fully saturated rings. The van der Waals surface area contributed by atoms with Gasteiger partial charge < -0.3 is 10.1 Å². The van der Waals surface area contributed by atoms with E-state index in [9.17, 15) is 9.59 Å². The minimum Gasteiger partial charge on any atom is -0.466 e. The largest absolute Gasteiger partial charge is 0.466 e. The molecule has 0 aliphatic carbocycles. The summed E-state index contributed by atoms with van der Waals surface area (Å²) in [5.41, 5.74) is 0.104. The second kappa shape index (κ2) is 3.31. The van der Waals surface area contributed by atoms with E-state index in [-0.39, 0.29) is 10.8 Å². The van der Waals surface area contributed by atoms with Gasteiger partial charge in [0.25, 0.3) is 5.91 Å². The van der Waals surface area contributed by atoms with Crippen molar-refractivity contribution in [2.75, 3.05) is 7.11 Å². The maximum absolute atomic E-state index is 10.9. The van der Waals surface area contributed by atoms with E-state index >= 15 is 0 Å². The molecule has 0 spiro atoms. The standard InChI is InChI=1S/C6H6N2O3S/c1-11-4(9)2-3-5(10)8-6(12)7-3/h2H,1H3,(H2,7,8,10,12)/b3-2-. The summed E-state index contributed by atoms with van der Waals surface area (Å²) in [5, 5.41) is 4.99. The van der Waals surface area contributed by atoms with Crippen LogP contribution in [-0.2, 0) is 14.3 Å². The molecule has 1 aliphatic heterocycles. The molecule has 0 aromatic carbocycles. The predicted molar refractivity (Wildman–Crippen MR) is 44.0 cm³/mol. The fourth-order valence-electron chi connectivity index (χ4n) is 0.659. The lowest BCUT2D eigenvalue weighted by molar-refractivity contribution is -0.135. The molecule has 1 amide bonds. The summed E-state index contributed by atoms with van der Waals surface area (Å²) in [7, 11) is 1.23. The summed E-state index contributed by atoms with van der Waals surface area (Å²) in [5.74, 6) is -1.03. The molecular weight excluding hydrogens is 180 g/mol. The quantitative estimate of drug-likeness (QED) is 0.314. The normalized spacial score (nSPS) is 18.9. The van der Waals surface area contributed by atoms with E-state index < -0.39 is 11.9 Å². The van der Waals surface area contributed by atoms with Crippen LogP contribution in [-0.4, -0.2) is 24.1 Å². The van der Waals surface area contributed by atoms with Gasteiger partial charge in [-0.15, -0.1) is 0 Å². The zero-order valence-corrected chi connectivity index (χ0v) is 7.03. The maximum Gasteiger partial charge on any atom is 0.332 e. The third-order valence-electron chi connectivity index (χ3n) is 1.18. The highest BCUT2D eigenvalue weighted by Crippen LogP contribution is 1.97. The van der Waals surface area contributed by atoms with Crippen LogP contribution in [0, 0.1) is 0 Å². The van der Waals surface area contributed by atoms with Crippen molar-refractivity contribution < 1.29 is 14.3 Å². The first-order chi connectivity index (χ1) is 5.63. The van der Waals surface area contributed by atoms with E-state index in [0.717, 1.165) is 6.08 Å². The lowest BCUT2D eigenvalue weighted by Crippen LogP contribution is -2.21. The highest BCUT2D eigenvalue weighted by molar-refractivity contribution is 7.80. The number of ether oxygens (including phenoxy) is 1. The van der Waals surface area contributed by atoms with Crippen LogP contribution in [0.15, 0.2) is 11.8 Å². The van der Waals surface area contributed by atoms with Gasteiger partial charge in [0.2, 0.25) is 0 Å². The summed E-state index contributed by atoms with van der Waals surface area (Å²) in [6.45, 7) is 0. The minimum atomic E-state index is -0.600. The Balaban J connectivity index is 2.76. The van der Waals surface area contributed by atoms with Crippen molar-refractivity contribution in [2.24, 2.45) is 0 Å². The SMILES string of the molecule is COC(=O)/C=C1\NC(=S)NC1=O. The van der Waals surface area contributed by atoms with Crippen LogP contribution in [0.4, 0.5) is 0 Å². The first-order valence-electron chi connectivity index (χ1n) is 3.05. The number of esters is 1. The van der Waals surface area contributed by atoms with Gasteiger partial charge in [-0.2, -0.15) is 0 Å². The zero-order chi connectivity index (χ0) is 9.14. The van der Waals surface area contributed by atoms with E-state index in [2.05, 4.69) is 27.6 Å². The van der Waals surface area contributed by atoms with Gasteiger partial charge in [-0.25, -0.2) is 4.79 Å². The lowest BCUT2D eigenvalue weighted by atomic mass is 10.4. The van der Waals surface area contributed by atoms with Crippen LogP contribution in [0.2, 0.25) is 0 Å². The van der Waals surface area contributed by atoms with Crippen molar-refractivity contribution in [2.45, 2.75) is 0 Å². The van der Waals surface area contributed by atoms with E-state index in [1.165, 1.54) is 7.11 Å². The van der Waals surface area contributed by atoms with Gasteiger partial charge in [0.05, 0.1) is 13.2 Å². The van der Waals surface area contributed by atoms with E-state index in [1.807, 2.05) is 0 Å². The molecule has 0 atom stereocenters. The number of carbonyl (C=O) groups excluding carboxylic acids is 2. The molecule has 64 valence electrons. The Labute approximate surface area is 73.8 Å². The summed E-state index contributed by atoms with van der Waals surface area (Å²) < 4.78 is 4.32. The molecule has 0 aromatic rings. The number of rotatable bonds is 1. The van der Waals surface area contributed by atoms with Crippen LogP contribution in [0.25, 0.3) is 0 Å². The second-order valence-corrected chi connectivity index (χ2v) is 2.40. The van der Waals surface area contributed by atoms with Crippen LogP contribution < -0.4 is 10.6 Å². The number of carbonyl (C=O) groups is 2. The highest BCUT2D eigenvalue weighted by atomic mass is 32.1. The van der Waals surface area contributed by atoms with Gasteiger partial charge >= 0.3 is 5.97 Å². The van der Waals surface area contributed by atoms with Crippen molar-refractivity contribution in [3.05, 3.63) is 11.8 Å². The van der Waals surface area contributed by atoms with Crippen LogP contribution in [0.3, 0.4) is 0 Å². The van der Waals surface area contributed by atoms with Crippen molar-refractivity contribution in [3.8, 4) is 0 Å². The van der Waals surface area contributed by atoms with Gasteiger partial charge in [0.1, 0.15) is 5.70 Å². The molecular formula is C6H6N2O3S. The topological polar surface area (TPSA) is 67.4 Å². The molecule has 0 unspecified atom stereocenters. The van der Waals surface area contributed by atoms with Crippen molar-refractivity contribution in [3.63, 3.8) is 0 Å². The van der Waals surface area contributed by atoms with Gasteiger partial charge in [-0.3, -0.25) is 10.1 Å². The Morgan fingerprint density at radius 2 is 2.25 bits per heavy atom. The fourth-order valence-corrected chi connectivity index (χ4v) is 0.862. The molecule has 1 aliphatic rings. The molecule has 0 radical (unpaired) electrons. The average Bonchev–Trinajstić information content (AvgIpc) is 2.30. The minimum absolute atomic E-state index is 0.104. The third kappa shape index (κ3) is 1.79. The van der Waals surface area contributed by atoms with Gasteiger partial charge in [-0.1, -0.05) is 0 Å². The Morgan fingerprint density at radius 1 is 1.58 bits per heavy atom. The smallest absolute Gasteiger partial charge is 0.332 e. The Hall–Kier alpha value is -1.43. The molecule has 12 heavy (non-hydrogen) atoms. The van der Waals surface area contributed by atoms with Gasteiger partial charge in [-0.05, 0) is 12.2 Å². The fraction of sp³-hybridized carbons (Fsp3) is 0.167. The maximum atomic E-state index is 10.9. The number of amides is 1. The second-order valence-electron chi connectivity index (χ2n) is 1.99. The molecule has 0 bridgehead atoms. The van der Waals surface area contributed by atoms with Crippen LogP contribution in [0.1, 0.15) is 0 Å². The molecule has 5 nitrogen and oxygen atoms in total. The van der Waals surface area contributed by atoms with E-state index in [1.54, 1.807) is 0 Å². The molecule has 1 heterocycles. The molecule has 1 rings (SSSR count). The molecule has 1 saturated heterocycles. The number of hydrogen-bond acceptors (Lipinski definition) is 4. The van der Waals surface area contributed by atoms with E-state index in [0.29, 0.717) is 0 Å². The van der Waals surface area contributed by atoms with Gasteiger partial charge in [0, 0.05) is 0 Å². The van der Waals surface area contributed by atoms with Crippen molar-refractivity contribution in [1.82, 2.24) is 10.6 Å². The van der Waals surface area contributed by atoms with Crippen molar-refractivity contribution >= 4 is 29.2 Å². The predicted octanol–water partition coefficient (Wildman–Crippen LogP) is -0.952. The number of thiocarbonyl (C=S) groups is 1. The Morgan fingerprint density at radius 3 is 2.67 bits per heavy atom. The van der Waals surface area contributed by atoms with Crippen molar-refractivity contribution in [1.29, 1.82) is 0 Å². The number of nitrogens with one attached hydrogen (secondary N) is 2. The molecule has 6 heteroatoms. The summed E-state index contributed by atoms with van der Waals surface area (Å²) >= 11 is 4.63. The van der Waals surface area contributed by atoms with Crippen LogP contribution >= 0.6 is 12.2 Å². The molecule has 2 N–H and O–H groups in total. The highest BCUT2D eigenvalue weighted by Gasteiger charge is 2.20. The molecule has 0 aromatic heterocycles. The first-order valence-corrected chi connectivity index (χ1v) is 3.46. The number of hydrogen-bond donors (Lipinski definition) is 2. The van der Waals surface area contributed by atoms with Gasteiger partial charge in [0.15, 0.2) is 5.11 Å². The first kappa shape index (κ1) is 8.66. The zero-order valence-electron chi connectivity index (χ0n) is 6.21. The monoisotopic (exact) mass is 186 g/mol. The Bertz CT molecular complexity index is 285. The summed E-state index contributed by atoms with van der Waals surface area (Å²) in [6, 6.07) is 0. The average molecular weight is 186 g/mol. The summed E-state index contributed by atoms with van der Waals surface area (Å²) in [4.78, 5) is 21.6. The third-order valence-corrected chi connectivity index (χ3v) is 1.39. The number of methoxy groups -OCH3 is 1. The molecule has 0 saturated carbocycles. The summed E-state index contributed by atoms with van der Waals surface area (Å²) in [6.07, 6.45) is 1.04. The lowest BCUT2D eigenvalue weighted by Gasteiger charge is -1.92. The van der Waals surface area contributed by atoms with E-state index in [4.69, 9.17) is 0 Å².